The third kappa shape index (κ3) is 3.74. The molecule has 0 fully saturated rings. The topological polar surface area (TPSA) is 73.1 Å². The number of carboxylic acid groups (broad SMARTS) is 1. The zero-order valence-electron chi connectivity index (χ0n) is 10.3. The van der Waals surface area contributed by atoms with Gasteiger partial charge in [0.15, 0.2) is 0 Å². The van der Waals surface area contributed by atoms with Crippen molar-refractivity contribution in [2.45, 2.75) is 13.8 Å². The second kappa shape index (κ2) is 6.41. The Kier molecular flexibility index (Phi) is 5.17. The summed E-state index contributed by atoms with van der Waals surface area (Å²) in [5.41, 5.74) is 1.16. The summed E-state index contributed by atoms with van der Waals surface area (Å²) in [4.78, 5) is 11.1. The minimum Gasteiger partial charge on any atom is -0.481 e. The van der Waals surface area contributed by atoms with E-state index in [1.807, 2.05) is 19.9 Å². The zero-order valence-corrected chi connectivity index (χ0v) is 11.9. The molecule has 0 radical (unpaired) electrons. The molecule has 0 aliphatic heterocycles. The summed E-state index contributed by atoms with van der Waals surface area (Å²) in [6.07, 6.45) is 0. The first-order valence-electron chi connectivity index (χ1n) is 5.62. The van der Waals surface area contributed by atoms with Crippen LogP contribution < -0.4 is 5.32 Å². The lowest BCUT2D eigenvalue weighted by molar-refractivity contribution is -0.142. The van der Waals surface area contributed by atoms with Crippen molar-refractivity contribution in [1.82, 2.24) is 0 Å². The molecule has 0 aliphatic rings. The smallest absolute Gasteiger partial charge is 0.308 e. The summed E-state index contributed by atoms with van der Waals surface area (Å²) >= 11 is 3.29. The fourth-order valence-electron chi connectivity index (χ4n) is 1.59. The SMILES string of the molecule is CC(C)C(CNc1ccc(Br)cc1C#N)C(=O)O. The normalized spacial score (nSPS) is 11.9. The maximum Gasteiger partial charge on any atom is 0.308 e. The summed E-state index contributed by atoms with van der Waals surface area (Å²) in [6.45, 7) is 4.05. The summed E-state index contributed by atoms with van der Waals surface area (Å²) in [5.74, 6) is -1.26. The molecule has 0 amide bonds. The molecule has 96 valence electrons. The van der Waals surface area contributed by atoms with E-state index in [4.69, 9.17) is 10.4 Å². The molecular weight excluding hydrogens is 296 g/mol. The molecule has 1 aromatic rings. The highest BCUT2D eigenvalue weighted by Crippen LogP contribution is 2.21. The lowest BCUT2D eigenvalue weighted by atomic mass is 9.96. The molecule has 0 spiro atoms. The van der Waals surface area contributed by atoms with E-state index in [0.717, 1.165) is 4.47 Å². The van der Waals surface area contributed by atoms with E-state index in [9.17, 15) is 4.79 Å². The highest BCUT2D eigenvalue weighted by atomic mass is 79.9. The maximum atomic E-state index is 11.1. The van der Waals surface area contributed by atoms with Gasteiger partial charge in [-0.3, -0.25) is 4.79 Å². The minimum atomic E-state index is -0.826. The summed E-state index contributed by atoms with van der Waals surface area (Å²) in [5, 5.41) is 21.1. The Labute approximate surface area is 115 Å². The Bertz CT molecular complexity index is 480. The molecule has 2 N–H and O–H groups in total. The molecule has 18 heavy (non-hydrogen) atoms. The number of rotatable bonds is 5. The van der Waals surface area contributed by atoms with Crippen molar-refractivity contribution in [2.24, 2.45) is 11.8 Å². The number of nitriles is 1. The second-order valence-electron chi connectivity index (χ2n) is 4.37. The van der Waals surface area contributed by atoms with Crippen molar-refractivity contribution in [3.8, 4) is 6.07 Å². The average Bonchev–Trinajstić information content (AvgIpc) is 2.30. The number of nitrogens with zero attached hydrogens (tertiary/aromatic N) is 1. The number of anilines is 1. The van der Waals surface area contributed by atoms with Crippen LogP contribution in [0.2, 0.25) is 0 Å². The zero-order chi connectivity index (χ0) is 13.7. The van der Waals surface area contributed by atoms with E-state index in [1.54, 1.807) is 12.1 Å². The van der Waals surface area contributed by atoms with Gasteiger partial charge in [-0.15, -0.1) is 0 Å². The van der Waals surface area contributed by atoms with Crippen LogP contribution in [0.15, 0.2) is 22.7 Å². The fraction of sp³-hybridized carbons (Fsp3) is 0.385. The first kappa shape index (κ1) is 14.5. The molecule has 0 heterocycles. The van der Waals surface area contributed by atoms with Gasteiger partial charge in [0, 0.05) is 11.0 Å². The molecule has 4 nitrogen and oxygen atoms in total. The number of nitrogens with one attached hydrogen (secondary N) is 1. The van der Waals surface area contributed by atoms with E-state index >= 15 is 0 Å². The van der Waals surface area contributed by atoms with Crippen LogP contribution in [0, 0.1) is 23.2 Å². The van der Waals surface area contributed by atoms with Crippen LogP contribution in [0.4, 0.5) is 5.69 Å². The minimum absolute atomic E-state index is 0.0379. The highest BCUT2D eigenvalue weighted by molar-refractivity contribution is 9.10. The third-order valence-electron chi connectivity index (χ3n) is 2.74. The molecule has 1 atom stereocenters. The Morgan fingerprint density at radius 1 is 1.56 bits per heavy atom. The molecule has 0 aromatic heterocycles. The molecule has 0 saturated heterocycles. The number of carboxylic acids is 1. The predicted octanol–water partition coefficient (Wildman–Crippen LogP) is 3.09. The summed E-state index contributed by atoms with van der Waals surface area (Å²) < 4.78 is 0.822. The van der Waals surface area contributed by atoms with Crippen LogP contribution in [-0.4, -0.2) is 17.6 Å². The van der Waals surface area contributed by atoms with Gasteiger partial charge in [0.2, 0.25) is 0 Å². The van der Waals surface area contributed by atoms with Crippen LogP contribution in [0.3, 0.4) is 0 Å². The van der Waals surface area contributed by atoms with E-state index in [-0.39, 0.29) is 5.92 Å². The first-order valence-corrected chi connectivity index (χ1v) is 6.41. The molecule has 1 aromatic carbocycles. The van der Waals surface area contributed by atoms with E-state index < -0.39 is 11.9 Å². The van der Waals surface area contributed by atoms with E-state index in [2.05, 4.69) is 27.3 Å². The van der Waals surface area contributed by atoms with Gasteiger partial charge in [-0.05, 0) is 24.1 Å². The second-order valence-corrected chi connectivity index (χ2v) is 5.29. The van der Waals surface area contributed by atoms with Crippen LogP contribution in [-0.2, 0) is 4.79 Å². The third-order valence-corrected chi connectivity index (χ3v) is 3.23. The van der Waals surface area contributed by atoms with Crippen molar-refractivity contribution in [3.63, 3.8) is 0 Å². The van der Waals surface area contributed by atoms with Gasteiger partial charge in [0.25, 0.3) is 0 Å². The van der Waals surface area contributed by atoms with E-state index in [1.165, 1.54) is 0 Å². The van der Waals surface area contributed by atoms with Gasteiger partial charge in [-0.2, -0.15) is 5.26 Å². The molecule has 5 heteroatoms. The van der Waals surface area contributed by atoms with Gasteiger partial charge in [-0.25, -0.2) is 0 Å². The first-order chi connectivity index (χ1) is 8.45. The van der Waals surface area contributed by atoms with Crippen molar-refractivity contribution in [3.05, 3.63) is 28.2 Å². The van der Waals surface area contributed by atoms with Crippen LogP contribution in [0.25, 0.3) is 0 Å². The van der Waals surface area contributed by atoms with Gasteiger partial charge < -0.3 is 10.4 Å². The largest absolute Gasteiger partial charge is 0.481 e. The van der Waals surface area contributed by atoms with Crippen molar-refractivity contribution in [1.29, 1.82) is 5.26 Å². The van der Waals surface area contributed by atoms with Crippen LogP contribution in [0.5, 0.6) is 0 Å². The van der Waals surface area contributed by atoms with Crippen LogP contribution >= 0.6 is 15.9 Å². The number of aliphatic carboxylic acids is 1. The number of carbonyl (C=O) groups is 1. The van der Waals surface area contributed by atoms with Gasteiger partial charge >= 0.3 is 5.97 Å². The van der Waals surface area contributed by atoms with Crippen LogP contribution in [0.1, 0.15) is 19.4 Å². The Balaban J connectivity index is 2.80. The Morgan fingerprint density at radius 2 is 2.22 bits per heavy atom. The lowest BCUT2D eigenvalue weighted by Gasteiger charge is -2.18. The van der Waals surface area contributed by atoms with Crippen molar-refractivity contribution >= 4 is 27.6 Å². The monoisotopic (exact) mass is 310 g/mol. The highest BCUT2D eigenvalue weighted by Gasteiger charge is 2.21. The Hall–Kier alpha value is -1.54. The number of halogens is 1. The molecule has 0 saturated carbocycles. The number of benzene rings is 1. The molecule has 1 rings (SSSR count). The average molecular weight is 311 g/mol. The lowest BCUT2D eigenvalue weighted by Crippen LogP contribution is -2.27. The molecule has 0 aliphatic carbocycles. The fourth-order valence-corrected chi connectivity index (χ4v) is 1.95. The van der Waals surface area contributed by atoms with Gasteiger partial charge in [-0.1, -0.05) is 29.8 Å². The number of hydrogen-bond donors (Lipinski definition) is 2. The quantitative estimate of drug-likeness (QED) is 0.876. The van der Waals surface area contributed by atoms with Gasteiger partial charge in [0.05, 0.1) is 17.2 Å². The number of hydrogen-bond acceptors (Lipinski definition) is 3. The molecule has 0 bridgehead atoms. The van der Waals surface area contributed by atoms with Crippen molar-refractivity contribution < 1.29 is 9.90 Å². The maximum absolute atomic E-state index is 11.1. The predicted molar refractivity (Wildman–Crippen MR) is 73.3 cm³/mol. The molecular formula is C13H15BrN2O2. The standard InChI is InChI=1S/C13H15BrN2O2/c1-8(2)11(13(17)18)7-16-12-4-3-10(14)5-9(12)6-15/h3-5,8,11,16H,7H2,1-2H3,(H,17,18). The Morgan fingerprint density at radius 3 is 2.72 bits per heavy atom. The summed E-state index contributed by atoms with van der Waals surface area (Å²) in [7, 11) is 0. The van der Waals surface area contributed by atoms with Crippen molar-refractivity contribution in [2.75, 3.05) is 11.9 Å². The molecule has 1 unspecified atom stereocenters. The van der Waals surface area contributed by atoms with Gasteiger partial charge in [0.1, 0.15) is 6.07 Å². The summed E-state index contributed by atoms with van der Waals surface area (Å²) in [6, 6.07) is 7.36. The van der Waals surface area contributed by atoms with E-state index in [0.29, 0.717) is 17.8 Å².